The van der Waals surface area contributed by atoms with Crippen LogP contribution in [0.2, 0.25) is 5.02 Å². The Morgan fingerprint density at radius 3 is 2.74 bits per heavy atom. The van der Waals surface area contributed by atoms with Gasteiger partial charge in [-0.15, -0.1) is 0 Å². The number of pyridine rings is 1. The van der Waals surface area contributed by atoms with Crippen LogP contribution in [-0.4, -0.2) is 10.1 Å². The van der Waals surface area contributed by atoms with Gasteiger partial charge >= 0.3 is 0 Å². The van der Waals surface area contributed by atoms with Crippen LogP contribution in [0.5, 0.6) is 0 Å². The quantitative estimate of drug-likeness (QED) is 0.822. The predicted octanol–water partition coefficient (Wildman–Crippen LogP) is 3.99. The molecule has 2 aromatic rings. The van der Waals surface area contributed by atoms with Gasteiger partial charge in [0.2, 0.25) is 0 Å². The fraction of sp³-hybridized carbons (Fsp3) is 0.0769. The van der Waals surface area contributed by atoms with Gasteiger partial charge in [-0.2, -0.15) is 0 Å². The van der Waals surface area contributed by atoms with Gasteiger partial charge < -0.3 is 10.6 Å². The lowest BCUT2D eigenvalue weighted by molar-refractivity contribution is 0.628. The molecule has 0 saturated carbocycles. The number of halogens is 2. The third-order valence-corrected chi connectivity index (χ3v) is 2.80. The number of anilines is 2. The van der Waals surface area contributed by atoms with Crippen LogP contribution in [0.25, 0.3) is 0 Å². The summed E-state index contributed by atoms with van der Waals surface area (Å²) in [5.74, 6) is 0.178. The molecule has 0 unspecified atom stereocenters. The van der Waals surface area contributed by atoms with E-state index in [-0.39, 0.29) is 5.02 Å². The summed E-state index contributed by atoms with van der Waals surface area (Å²) in [6.07, 6.45) is 0. The van der Waals surface area contributed by atoms with Gasteiger partial charge in [-0.1, -0.05) is 17.7 Å². The molecule has 1 aromatic carbocycles. The Kier molecular flexibility index (Phi) is 4.29. The SMILES string of the molecule is Cc1cccc(NC(=S)Nc2ccc(F)c(Cl)c2)n1. The first-order chi connectivity index (χ1) is 9.04. The van der Waals surface area contributed by atoms with E-state index in [0.717, 1.165) is 5.69 Å². The van der Waals surface area contributed by atoms with Crippen molar-refractivity contribution in [1.82, 2.24) is 4.98 Å². The van der Waals surface area contributed by atoms with Crippen molar-refractivity contribution in [3.63, 3.8) is 0 Å². The van der Waals surface area contributed by atoms with Crippen LogP contribution in [0.1, 0.15) is 5.69 Å². The van der Waals surface area contributed by atoms with Crippen molar-refractivity contribution in [2.24, 2.45) is 0 Å². The molecule has 0 spiro atoms. The van der Waals surface area contributed by atoms with Crippen molar-refractivity contribution in [3.05, 3.63) is 52.9 Å². The molecule has 6 heteroatoms. The van der Waals surface area contributed by atoms with E-state index >= 15 is 0 Å². The van der Waals surface area contributed by atoms with Crippen molar-refractivity contribution in [2.75, 3.05) is 10.6 Å². The van der Waals surface area contributed by atoms with E-state index in [9.17, 15) is 4.39 Å². The van der Waals surface area contributed by atoms with Crippen LogP contribution in [0.3, 0.4) is 0 Å². The molecular weight excluding hydrogens is 285 g/mol. The zero-order chi connectivity index (χ0) is 13.8. The monoisotopic (exact) mass is 295 g/mol. The third-order valence-electron chi connectivity index (χ3n) is 2.31. The summed E-state index contributed by atoms with van der Waals surface area (Å²) in [7, 11) is 0. The molecule has 0 radical (unpaired) electrons. The topological polar surface area (TPSA) is 37.0 Å². The standard InChI is InChI=1S/C13H11ClFN3S/c1-8-3-2-4-12(16-8)18-13(19)17-9-5-6-11(15)10(14)7-9/h2-7H,1H3,(H2,16,17,18,19). The molecule has 2 rings (SSSR count). The summed E-state index contributed by atoms with van der Waals surface area (Å²) in [4.78, 5) is 4.26. The highest BCUT2D eigenvalue weighted by Crippen LogP contribution is 2.19. The van der Waals surface area contributed by atoms with E-state index in [1.54, 1.807) is 12.1 Å². The molecular formula is C13H11ClFN3S. The summed E-state index contributed by atoms with van der Waals surface area (Å²) in [6.45, 7) is 1.89. The van der Waals surface area contributed by atoms with Crippen molar-refractivity contribution < 1.29 is 4.39 Å². The molecule has 2 N–H and O–H groups in total. The zero-order valence-corrected chi connectivity index (χ0v) is 11.6. The van der Waals surface area contributed by atoms with Gasteiger partial charge in [-0.25, -0.2) is 9.37 Å². The van der Waals surface area contributed by atoms with E-state index in [0.29, 0.717) is 16.6 Å². The maximum atomic E-state index is 13.0. The van der Waals surface area contributed by atoms with Crippen LogP contribution < -0.4 is 10.6 Å². The van der Waals surface area contributed by atoms with Gasteiger partial charge in [-0.05, 0) is 49.5 Å². The Morgan fingerprint density at radius 2 is 2.05 bits per heavy atom. The Bertz CT molecular complexity index is 619. The minimum atomic E-state index is -0.466. The Hall–Kier alpha value is -1.72. The zero-order valence-electron chi connectivity index (χ0n) is 10.1. The van der Waals surface area contributed by atoms with Crippen molar-refractivity contribution in [2.45, 2.75) is 6.92 Å². The number of rotatable bonds is 2. The molecule has 0 aliphatic rings. The largest absolute Gasteiger partial charge is 0.332 e. The molecule has 0 amide bonds. The van der Waals surface area contributed by atoms with Gasteiger partial charge in [-0.3, -0.25) is 0 Å². The number of hydrogen-bond donors (Lipinski definition) is 2. The van der Waals surface area contributed by atoms with Crippen molar-refractivity contribution >= 4 is 40.4 Å². The van der Waals surface area contributed by atoms with Crippen LogP contribution in [0, 0.1) is 12.7 Å². The van der Waals surface area contributed by atoms with E-state index in [2.05, 4.69) is 15.6 Å². The minimum absolute atomic E-state index is 0.0430. The maximum absolute atomic E-state index is 13.0. The highest BCUT2D eigenvalue weighted by Gasteiger charge is 2.03. The second-order valence-electron chi connectivity index (χ2n) is 3.87. The minimum Gasteiger partial charge on any atom is -0.332 e. The Balaban J connectivity index is 2.03. The fourth-order valence-corrected chi connectivity index (χ4v) is 1.87. The second-order valence-corrected chi connectivity index (χ2v) is 4.69. The van der Waals surface area contributed by atoms with Gasteiger partial charge in [0.25, 0.3) is 0 Å². The molecule has 0 saturated heterocycles. The first-order valence-electron chi connectivity index (χ1n) is 5.51. The van der Waals surface area contributed by atoms with Crippen molar-refractivity contribution in [1.29, 1.82) is 0 Å². The second kappa shape index (κ2) is 5.95. The molecule has 0 aliphatic heterocycles. The number of hydrogen-bond acceptors (Lipinski definition) is 2. The number of thiocarbonyl (C=S) groups is 1. The highest BCUT2D eigenvalue weighted by atomic mass is 35.5. The van der Waals surface area contributed by atoms with E-state index in [1.165, 1.54) is 12.1 Å². The summed E-state index contributed by atoms with van der Waals surface area (Å²) in [6, 6.07) is 9.87. The van der Waals surface area contributed by atoms with E-state index < -0.39 is 5.82 Å². The summed E-state index contributed by atoms with van der Waals surface area (Å²) in [5.41, 5.74) is 1.49. The van der Waals surface area contributed by atoms with Crippen LogP contribution in [0.15, 0.2) is 36.4 Å². The molecule has 1 heterocycles. The molecule has 98 valence electrons. The number of benzene rings is 1. The number of nitrogens with one attached hydrogen (secondary N) is 2. The smallest absolute Gasteiger partial charge is 0.176 e. The van der Waals surface area contributed by atoms with E-state index in [1.807, 2.05) is 19.1 Å². The molecule has 0 fully saturated rings. The lowest BCUT2D eigenvalue weighted by Crippen LogP contribution is -2.19. The van der Waals surface area contributed by atoms with Gasteiger partial charge in [0.15, 0.2) is 5.11 Å². The van der Waals surface area contributed by atoms with Crippen LogP contribution in [-0.2, 0) is 0 Å². The van der Waals surface area contributed by atoms with Crippen molar-refractivity contribution in [3.8, 4) is 0 Å². The first kappa shape index (κ1) is 13.7. The average molecular weight is 296 g/mol. The van der Waals surface area contributed by atoms with Crippen LogP contribution >= 0.6 is 23.8 Å². The Labute approximate surface area is 120 Å². The molecule has 0 aliphatic carbocycles. The van der Waals surface area contributed by atoms with Gasteiger partial charge in [0.1, 0.15) is 11.6 Å². The van der Waals surface area contributed by atoms with Crippen LogP contribution in [0.4, 0.5) is 15.9 Å². The van der Waals surface area contributed by atoms with Gasteiger partial charge in [0, 0.05) is 11.4 Å². The fourth-order valence-electron chi connectivity index (χ4n) is 1.47. The molecule has 3 nitrogen and oxygen atoms in total. The number of aryl methyl sites for hydroxylation is 1. The molecule has 0 atom stereocenters. The van der Waals surface area contributed by atoms with Gasteiger partial charge in [0.05, 0.1) is 5.02 Å². The first-order valence-corrected chi connectivity index (χ1v) is 6.30. The predicted molar refractivity (Wildman–Crippen MR) is 80.2 cm³/mol. The summed E-state index contributed by atoms with van der Waals surface area (Å²) >= 11 is 10.8. The summed E-state index contributed by atoms with van der Waals surface area (Å²) in [5, 5.41) is 6.25. The van der Waals surface area contributed by atoms with E-state index in [4.69, 9.17) is 23.8 Å². The normalized spacial score (nSPS) is 10.1. The maximum Gasteiger partial charge on any atom is 0.176 e. The highest BCUT2D eigenvalue weighted by molar-refractivity contribution is 7.80. The third kappa shape index (κ3) is 3.87. The number of nitrogens with zero attached hydrogens (tertiary/aromatic N) is 1. The molecule has 19 heavy (non-hydrogen) atoms. The summed E-state index contributed by atoms with van der Waals surface area (Å²) < 4.78 is 13.0. The molecule has 1 aromatic heterocycles. The molecule has 0 bridgehead atoms. The lowest BCUT2D eigenvalue weighted by Gasteiger charge is -2.10. The lowest BCUT2D eigenvalue weighted by atomic mass is 10.3. The number of aromatic nitrogens is 1. The average Bonchev–Trinajstić information content (AvgIpc) is 2.34. The Morgan fingerprint density at radius 1 is 1.26 bits per heavy atom.